The zero-order valence-electron chi connectivity index (χ0n) is 23.1. The van der Waals surface area contributed by atoms with Crippen molar-refractivity contribution in [2.45, 2.75) is 61.0 Å². The summed E-state index contributed by atoms with van der Waals surface area (Å²) in [5, 5.41) is 2.72. The third-order valence-corrected chi connectivity index (χ3v) is 10.1. The molecule has 3 fully saturated rings. The van der Waals surface area contributed by atoms with Crippen LogP contribution in [-0.4, -0.2) is 85.6 Å². The molecule has 0 atom stereocenters. The fourth-order valence-corrected chi connectivity index (χ4v) is 7.12. The molecule has 2 aromatic rings. The standard InChI is InChI=1S/C29H39N5O4S/c1-32(2)29(23-10-5-4-6-11-23)16-14-28(15-17-29)21-33(27(36)34(28)19-22-8-7-9-22)20-25(35)31-24-12-13-26(30-18-24)39(3,37)38/h4-6,10-13,18,22H,7-9,14-17,19-21H2,1-3H3,(H,31,35)/t28-,29+. The molecule has 9 nitrogen and oxygen atoms in total. The van der Waals surface area contributed by atoms with Crippen LogP contribution in [0.3, 0.4) is 0 Å². The molecule has 0 radical (unpaired) electrons. The molecule has 3 aliphatic rings. The van der Waals surface area contributed by atoms with Crippen LogP contribution < -0.4 is 5.32 Å². The Morgan fingerprint density at radius 1 is 1.08 bits per heavy atom. The number of urea groups is 1. The van der Waals surface area contributed by atoms with E-state index in [-0.39, 0.29) is 34.6 Å². The van der Waals surface area contributed by atoms with Crippen molar-refractivity contribution in [3.05, 3.63) is 54.2 Å². The zero-order valence-corrected chi connectivity index (χ0v) is 23.9. The van der Waals surface area contributed by atoms with Gasteiger partial charge in [0, 0.05) is 24.9 Å². The molecule has 1 spiro atoms. The van der Waals surface area contributed by atoms with E-state index >= 15 is 0 Å². The van der Waals surface area contributed by atoms with E-state index in [1.54, 1.807) is 4.90 Å². The molecule has 210 valence electrons. The van der Waals surface area contributed by atoms with Crippen molar-refractivity contribution in [2.75, 3.05) is 45.3 Å². The van der Waals surface area contributed by atoms with Crippen LogP contribution in [0.4, 0.5) is 10.5 Å². The summed E-state index contributed by atoms with van der Waals surface area (Å²) >= 11 is 0. The Bertz CT molecular complexity index is 1300. The van der Waals surface area contributed by atoms with E-state index in [2.05, 4.69) is 58.5 Å². The third kappa shape index (κ3) is 5.41. The summed E-state index contributed by atoms with van der Waals surface area (Å²) in [6.07, 6.45) is 9.59. The molecule has 0 bridgehead atoms. The molecule has 2 aliphatic carbocycles. The van der Waals surface area contributed by atoms with Gasteiger partial charge in [0.05, 0.1) is 17.4 Å². The van der Waals surface area contributed by atoms with E-state index in [9.17, 15) is 18.0 Å². The molecule has 1 aliphatic heterocycles. The first-order chi connectivity index (χ1) is 18.5. The van der Waals surface area contributed by atoms with Gasteiger partial charge in [-0.3, -0.25) is 9.69 Å². The van der Waals surface area contributed by atoms with Crippen LogP contribution in [0.1, 0.15) is 50.5 Å². The lowest BCUT2D eigenvalue weighted by Gasteiger charge is -2.51. The Kier molecular flexibility index (Phi) is 7.45. The monoisotopic (exact) mass is 553 g/mol. The molecule has 1 aromatic carbocycles. The second kappa shape index (κ2) is 10.5. The summed E-state index contributed by atoms with van der Waals surface area (Å²) in [7, 11) is 0.867. The third-order valence-electron chi connectivity index (χ3n) is 9.13. The predicted molar refractivity (Wildman–Crippen MR) is 150 cm³/mol. The lowest BCUT2D eigenvalue weighted by Crippen LogP contribution is -2.56. The van der Waals surface area contributed by atoms with Crippen LogP contribution in [0.2, 0.25) is 0 Å². The summed E-state index contributed by atoms with van der Waals surface area (Å²) in [5.74, 6) is 0.217. The van der Waals surface area contributed by atoms with Gasteiger partial charge in [0.25, 0.3) is 0 Å². The molecule has 2 heterocycles. The average molecular weight is 554 g/mol. The molecular formula is C29H39N5O4S. The molecule has 3 amide bonds. The van der Waals surface area contributed by atoms with Crippen LogP contribution in [0.15, 0.2) is 53.7 Å². The minimum absolute atomic E-state index is 0.0485. The Morgan fingerprint density at radius 2 is 1.77 bits per heavy atom. The summed E-state index contributed by atoms with van der Waals surface area (Å²) < 4.78 is 23.3. The highest BCUT2D eigenvalue weighted by Gasteiger charge is 2.55. The first kappa shape index (κ1) is 27.6. The summed E-state index contributed by atoms with van der Waals surface area (Å²) in [4.78, 5) is 36.8. The highest BCUT2D eigenvalue weighted by Crippen LogP contribution is 2.49. The second-order valence-electron chi connectivity index (χ2n) is 11.8. The number of benzene rings is 1. The predicted octanol–water partition coefficient (Wildman–Crippen LogP) is 3.73. The van der Waals surface area contributed by atoms with E-state index in [1.807, 2.05) is 6.07 Å². The Hall–Kier alpha value is -2.98. The van der Waals surface area contributed by atoms with E-state index in [0.717, 1.165) is 51.3 Å². The van der Waals surface area contributed by atoms with E-state index in [4.69, 9.17) is 0 Å². The Morgan fingerprint density at radius 3 is 2.31 bits per heavy atom. The highest BCUT2D eigenvalue weighted by atomic mass is 32.2. The van der Waals surface area contributed by atoms with Gasteiger partial charge in [-0.25, -0.2) is 18.2 Å². The van der Waals surface area contributed by atoms with Crippen molar-refractivity contribution in [1.82, 2.24) is 19.7 Å². The molecule has 5 rings (SSSR count). The highest BCUT2D eigenvalue weighted by molar-refractivity contribution is 7.90. The Labute approximate surface area is 231 Å². The average Bonchev–Trinajstić information content (AvgIpc) is 3.11. The number of nitrogens with zero attached hydrogens (tertiary/aromatic N) is 4. The first-order valence-electron chi connectivity index (χ1n) is 13.8. The van der Waals surface area contributed by atoms with Crippen LogP contribution in [0.5, 0.6) is 0 Å². The first-order valence-corrected chi connectivity index (χ1v) is 15.7. The fourth-order valence-electron chi connectivity index (χ4n) is 6.56. The number of aromatic nitrogens is 1. The molecule has 1 saturated heterocycles. The number of hydrogen-bond acceptors (Lipinski definition) is 6. The molecule has 39 heavy (non-hydrogen) atoms. The van der Waals surface area contributed by atoms with Gasteiger partial charge in [0.1, 0.15) is 6.54 Å². The maximum Gasteiger partial charge on any atom is 0.321 e. The van der Waals surface area contributed by atoms with Gasteiger partial charge < -0.3 is 15.1 Å². The van der Waals surface area contributed by atoms with E-state index < -0.39 is 9.84 Å². The van der Waals surface area contributed by atoms with Crippen LogP contribution in [0, 0.1) is 5.92 Å². The molecule has 0 unspecified atom stereocenters. The lowest BCUT2D eigenvalue weighted by atomic mass is 9.68. The SMILES string of the molecule is CN(C)[C@]1(c2ccccc2)CC[C@]2(CC1)CN(CC(=O)Nc1ccc(S(C)(=O)=O)nc1)C(=O)N2CC1CCC1. The quantitative estimate of drug-likeness (QED) is 0.535. The van der Waals surface area contributed by atoms with Gasteiger partial charge in [0.15, 0.2) is 14.9 Å². The van der Waals surface area contributed by atoms with Crippen molar-refractivity contribution in [3.63, 3.8) is 0 Å². The normalized spacial score (nSPS) is 25.8. The molecule has 1 N–H and O–H groups in total. The molecule has 1 aromatic heterocycles. The fraction of sp³-hybridized carbons (Fsp3) is 0.552. The number of nitrogens with one attached hydrogen (secondary N) is 1. The van der Waals surface area contributed by atoms with Crippen LogP contribution in [0.25, 0.3) is 0 Å². The van der Waals surface area contributed by atoms with Crippen LogP contribution >= 0.6 is 0 Å². The number of hydrogen-bond donors (Lipinski definition) is 1. The van der Waals surface area contributed by atoms with Crippen molar-refractivity contribution in [1.29, 1.82) is 0 Å². The van der Waals surface area contributed by atoms with Gasteiger partial charge >= 0.3 is 6.03 Å². The van der Waals surface area contributed by atoms with Crippen molar-refractivity contribution >= 4 is 27.5 Å². The maximum absolute atomic E-state index is 13.7. The van der Waals surface area contributed by atoms with Gasteiger partial charge in [-0.05, 0) is 76.2 Å². The van der Waals surface area contributed by atoms with Gasteiger partial charge in [-0.15, -0.1) is 0 Å². The lowest BCUT2D eigenvalue weighted by molar-refractivity contribution is -0.116. The largest absolute Gasteiger partial charge is 0.323 e. The smallest absolute Gasteiger partial charge is 0.321 e. The molecule has 10 heteroatoms. The molecular weight excluding hydrogens is 514 g/mol. The Balaban J connectivity index is 1.31. The number of rotatable bonds is 8. The second-order valence-corrected chi connectivity index (χ2v) is 13.7. The molecule has 2 saturated carbocycles. The summed E-state index contributed by atoms with van der Waals surface area (Å²) in [5.41, 5.74) is 1.36. The minimum Gasteiger partial charge on any atom is -0.323 e. The number of anilines is 1. The number of pyridine rings is 1. The van der Waals surface area contributed by atoms with Crippen molar-refractivity contribution < 1.29 is 18.0 Å². The topological polar surface area (TPSA) is 103 Å². The van der Waals surface area contributed by atoms with Crippen LogP contribution in [-0.2, 0) is 20.2 Å². The van der Waals surface area contributed by atoms with Gasteiger partial charge in [0.2, 0.25) is 5.91 Å². The van der Waals surface area contributed by atoms with E-state index in [0.29, 0.717) is 18.2 Å². The number of sulfone groups is 1. The number of amides is 3. The van der Waals surface area contributed by atoms with Crippen molar-refractivity contribution in [3.8, 4) is 0 Å². The maximum atomic E-state index is 13.7. The van der Waals surface area contributed by atoms with Gasteiger partial charge in [-0.2, -0.15) is 0 Å². The number of carbonyl (C=O) groups excluding carboxylic acids is 2. The van der Waals surface area contributed by atoms with E-state index in [1.165, 1.54) is 30.3 Å². The number of carbonyl (C=O) groups is 2. The zero-order chi connectivity index (χ0) is 27.8. The summed E-state index contributed by atoms with van der Waals surface area (Å²) in [6, 6.07) is 13.5. The van der Waals surface area contributed by atoms with Crippen molar-refractivity contribution in [2.24, 2.45) is 5.92 Å². The summed E-state index contributed by atoms with van der Waals surface area (Å²) in [6.45, 7) is 1.25. The van der Waals surface area contributed by atoms with Gasteiger partial charge in [-0.1, -0.05) is 36.8 Å². The minimum atomic E-state index is -3.42.